The number of rotatable bonds is 12. The number of halogens is 1. The van der Waals surface area contributed by atoms with Gasteiger partial charge in [0.1, 0.15) is 36.0 Å². The molecule has 11 nitrogen and oxygen atoms in total. The number of carbonyl (C=O) groups is 1. The number of hydrogen-bond acceptors (Lipinski definition) is 11. The molecule has 276 valence electrons. The topological polar surface area (TPSA) is 111 Å². The van der Waals surface area contributed by atoms with Crippen molar-refractivity contribution in [2.24, 2.45) is 0 Å². The third-order valence-electron chi connectivity index (χ3n) is 11.0. The van der Waals surface area contributed by atoms with E-state index in [1.165, 1.54) is 0 Å². The lowest BCUT2D eigenvalue weighted by Crippen LogP contribution is -2.51. The standard InChI is InChI=1S/C41H45FN6O5/c1-4-25-11-8-12-27-17-32(53-24-50-3)18-33(35(25)27)37-36(42)38-34(19-43-37)39(48-20-28-13-14-29(21-48)44-28)46-41(45-38)52-23-31-16-15-30(47(31)2)22-51-40(49)26-9-6-5-7-10-26/h5-12,17-19,28-31,44H,4,13-16,20-24H2,1-3H3/t28?,29?,30-,31-/m0/s1. The summed E-state index contributed by atoms with van der Waals surface area (Å²) in [6, 6.07) is 19.7. The highest BCUT2D eigenvalue weighted by Gasteiger charge is 2.35. The van der Waals surface area contributed by atoms with Gasteiger partial charge in [0.05, 0.1) is 10.9 Å². The molecular formula is C41H45FN6O5. The highest BCUT2D eigenvalue weighted by molar-refractivity contribution is 6.01. The number of nitrogens with one attached hydrogen (secondary N) is 1. The predicted octanol–water partition coefficient (Wildman–Crippen LogP) is 6.17. The van der Waals surface area contributed by atoms with Crippen LogP contribution >= 0.6 is 0 Å². The molecule has 0 aliphatic carbocycles. The Morgan fingerprint density at radius 1 is 0.943 bits per heavy atom. The minimum absolute atomic E-state index is 0.0414. The van der Waals surface area contributed by atoms with Crippen molar-refractivity contribution in [1.29, 1.82) is 0 Å². The van der Waals surface area contributed by atoms with Crippen molar-refractivity contribution in [2.45, 2.75) is 63.2 Å². The van der Waals surface area contributed by atoms with Gasteiger partial charge in [0, 0.05) is 56.1 Å². The first kappa shape index (κ1) is 35.1. The molecule has 4 atom stereocenters. The molecule has 2 unspecified atom stereocenters. The van der Waals surface area contributed by atoms with E-state index < -0.39 is 5.82 Å². The Morgan fingerprint density at radius 3 is 2.47 bits per heavy atom. The highest BCUT2D eigenvalue weighted by atomic mass is 19.1. The van der Waals surface area contributed by atoms with Gasteiger partial charge in [-0.2, -0.15) is 9.97 Å². The summed E-state index contributed by atoms with van der Waals surface area (Å²) in [4.78, 5) is 31.4. The summed E-state index contributed by atoms with van der Waals surface area (Å²) in [5.41, 5.74) is 2.59. The van der Waals surface area contributed by atoms with E-state index in [9.17, 15) is 4.79 Å². The highest BCUT2D eigenvalue weighted by Crippen LogP contribution is 2.39. The predicted molar refractivity (Wildman–Crippen MR) is 201 cm³/mol. The van der Waals surface area contributed by atoms with E-state index >= 15 is 4.39 Å². The molecule has 5 heterocycles. The third-order valence-corrected chi connectivity index (χ3v) is 11.0. The van der Waals surface area contributed by atoms with Crippen LogP contribution in [-0.2, 0) is 15.9 Å². The molecule has 0 spiro atoms. The number of carbonyl (C=O) groups excluding carboxylic acids is 1. The van der Waals surface area contributed by atoms with Gasteiger partial charge in [-0.25, -0.2) is 9.18 Å². The number of pyridine rings is 1. The molecule has 0 saturated carbocycles. The zero-order valence-corrected chi connectivity index (χ0v) is 30.4. The van der Waals surface area contributed by atoms with Gasteiger partial charge in [0.2, 0.25) is 0 Å². The van der Waals surface area contributed by atoms with Gasteiger partial charge in [-0.15, -0.1) is 0 Å². The van der Waals surface area contributed by atoms with E-state index in [-0.39, 0.29) is 48.7 Å². The molecule has 8 rings (SSSR count). The number of likely N-dealkylation sites (N-methyl/N-ethyl adjacent to an activating group) is 1. The molecule has 3 saturated heterocycles. The smallest absolute Gasteiger partial charge is 0.338 e. The average molecular weight is 721 g/mol. The molecule has 5 aromatic rings. The molecule has 0 amide bonds. The summed E-state index contributed by atoms with van der Waals surface area (Å²) in [6.45, 7) is 4.25. The van der Waals surface area contributed by atoms with E-state index in [2.05, 4.69) is 28.1 Å². The molecule has 2 bridgehead atoms. The molecular weight excluding hydrogens is 675 g/mol. The van der Waals surface area contributed by atoms with Crippen LogP contribution in [0.2, 0.25) is 0 Å². The Morgan fingerprint density at radius 2 is 1.72 bits per heavy atom. The molecule has 53 heavy (non-hydrogen) atoms. The SMILES string of the molecule is CCc1cccc2cc(OCOC)cc(-c3ncc4c(N5CC6CCC(C5)N6)nc(OC[C@@H]5CC[C@@H](COC(=O)c6ccccc6)N5C)nc4c3F)c12. The van der Waals surface area contributed by atoms with E-state index in [4.69, 9.17) is 33.9 Å². The van der Waals surface area contributed by atoms with Crippen LogP contribution in [0.1, 0.15) is 48.5 Å². The van der Waals surface area contributed by atoms with Gasteiger partial charge < -0.3 is 29.2 Å². The first-order chi connectivity index (χ1) is 25.9. The number of fused-ring (bicyclic) bond motifs is 4. The Balaban J connectivity index is 1.11. The largest absolute Gasteiger partial charge is 0.468 e. The Hall–Kier alpha value is -4.91. The van der Waals surface area contributed by atoms with Gasteiger partial charge in [-0.05, 0) is 79.8 Å². The Labute approximate surface area is 308 Å². The van der Waals surface area contributed by atoms with Crippen molar-refractivity contribution in [1.82, 2.24) is 25.2 Å². The molecule has 3 aromatic carbocycles. The Kier molecular flexibility index (Phi) is 10.1. The fourth-order valence-electron chi connectivity index (χ4n) is 8.15. The number of aromatic nitrogens is 3. The maximum Gasteiger partial charge on any atom is 0.338 e. The minimum atomic E-state index is -0.538. The fourth-order valence-corrected chi connectivity index (χ4v) is 8.15. The summed E-state index contributed by atoms with van der Waals surface area (Å²) >= 11 is 0. The van der Waals surface area contributed by atoms with Crippen LogP contribution in [0.4, 0.5) is 10.2 Å². The quantitative estimate of drug-likeness (QED) is 0.118. The summed E-state index contributed by atoms with van der Waals surface area (Å²) in [5.74, 6) is 0.314. The van der Waals surface area contributed by atoms with Crippen LogP contribution in [0.15, 0.2) is 66.9 Å². The van der Waals surface area contributed by atoms with Crippen LogP contribution in [0.25, 0.3) is 32.9 Å². The number of aryl methyl sites for hydroxylation is 1. The summed E-state index contributed by atoms with van der Waals surface area (Å²) in [7, 11) is 3.58. The van der Waals surface area contributed by atoms with Gasteiger partial charge in [0.15, 0.2) is 12.6 Å². The number of methoxy groups -OCH3 is 1. The molecule has 3 aliphatic rings. The minimum Gasteiger partial charge on any atom is -0.468 e. The number of hydrogen-bond donors (Lipinski definition) is 1. The maximum absolute atomic E-state index is 17.2. The van der Waals surface area contributed by atoms with Gasteiger partial charge in [-0.1, -0.05) is 43.3 Å². The zero-order valence-electron chi connectivity index (χ0n) is 30.4. The van der Waals surface area contributed by atoms with E-state index in [1.54, 1.807) is 25.4 Å². The lowest BCUT2D eigenvalue weighted by atomic mass is 9.95. The van der Waals surface area contributed by atoms with E-state index in [1.807, 2.05) is 49.5 Å². The molecule has 3 aliphatic heterocycles. The number of nitrogens with zero attached hydrogens (tertiary/aromatic N) is 5. The number of likely N-dealkylation sites (tertiary alicyclic amines) is 1. The van der Waals surface area contributed by atoms with Crippen molar-refractivity contribution in [3.05, 3.63) is 83.8 Å². The average Bonchev–Trinajstić information content (AvgIpc) is 3.73. The van der Waals surface area contributed by atoms with Crippen LogP contribution in [0.3, 0.4) is 0 Å². The molecule has 1 N–H and O–H groups in total. The molecule has 12 heteroatoms. The fraction of sp³-hybridized carbons (Fsp3) is 0.415. The van der Waals surface area contributed by atoms with Crippen LogP contribution in [0.5, 0.6) is 11.8 Å². The summed E-state index contributed by atoms with van der Waals surface area (Å²) < 4.78 is 40.2. The van der Waals surface area contributed by atoms with Crippen LogP contribution in [-0.4, -0.2) is 97.2 Å². The van der Waals surface area contributed by atoms with Gasteiger partial charge >= 0.3 is 12.0 Å². The number of ether oxygens (including phenoxy) is 4. The number of benzene rings is 3. The molecule has 3 fully saturated rings. The molecule has 0 radical (unpaired) electrons. The molecule has 2 aromatic heterocycles. The lowest BCUT2D eigenvalue weighted by Gasteiger charge is -2.34. The van der Waals surface area contributed by atoms with E-state index in [0.29, 0.717) is 46.8 Å². The van der Waals surface area contributed by atoms with Crippen molar-refractivity contribution in [3.63, 3.8) is 0 Å². The van der Waals surface area contributed by atoms with Crippen LogP contribution < -0.4 is 19.7 Å². The second kappa shape index (κ2) is 15.2. The van der Waals surface area contributed by atoms with Crippen molar-refractivity contribution in [3.8, 4) is 23.0 Å². The summed E-state index contributed by atoms with van der Waals surface area (Å²) in [5, 5.41) is 6.07. The number of esters is 1. The second-order valence-electron chi connectivity index (χ2n) is 14.3. The monoisotopic (exact) mass is 720 g/mol. The van der Waals surface area contributed by atoms with Crippen molar-refractivity contribution in [2.75, 3.05) is 52.2 Å². The number of piperazine rings is 1. The third kappa shape index (κ3) is 7.10. The summed E-state index contributed by atoms with van der Waals surface area (Å²) in [6.07, 6.45) is 6.35. The normalized spacial score (nSPS) is 21.4. The van der Waals surface area contributed by atoms with Gasteiger partial charge in [0.25, 0.3) is 0 Å². The second-order valence-corrected chi connectivity index (χ2v) is 14.3. The van der Waals surface area contributed by atoms with Crippen molar-refractivity contribution >= 4 is 33.5 Å². The van der Waals surface area contributed by atoms with E-state index in [0.717, 1.165) is 61.5 Å². The zero-order chi connectivity index (χ0) is 36.5. The maximum atomic E-state index is 17.2. The first-order valence-corrected chi connectivity index (χ1v) is 18.5. The Bertz CT molecular complexity index is 2110. The van der Waals surface area contributed by atoms with Gasteiger partial charge in [-0.3, -0.25) is 9.88 Å². The number of anilines is 1. The van der Waals surface area contributed by atoms with Crippen molar-refractivity contribution < 1.29 is 28.1 Å². The first-order valence-electron chi connectivity index (χ1n) is 18.5. The van der Waals surface area contributed by atoms with Crippen LogP contribution in [0, 0.1) is 5.82 Å². The lowest BCUT2D eigenvalue weighted by molar-refractivity contribution is 0.0381.